The third-order valence-corrected chi connectivity index (χ3v) is 6.30. The Morgan fingerprint density at radius 1 is 1.13 bits per heavy atom. The zero-order valence-electron chi connectivity index (χ0n) is 13.6. The number of aromatic nitrogens is 1. The summed E-state index contributed by atoms with van der Waals surface area (Å²) in [5.41, 5.74) is 2.13. The minimum atomic E-state index is -3.68. The van der Waals surface area contributed by atoms with Crippen LogP contribution < -0.4 is 9.21 Å². The first-order valence-electron chi connectivity index (χ1n) is 7.68. The molecule has 1 fully saturated rings. The van der Waals surface area contributed by atoms with E-state index in [1.165, 1.54) is 17.1 Å². The van der Waals surface area contributed by atoms with Crippen molar-refractivity contribution in [2.45, 2.75) is 31.6 Å². The molecule has 1 aromatic carbocycles. The lowest BCUT2D eigenvalue weighted by molar-refractivity contribution is 0.390. The Morgan fingerprint density at radius 3 is 2.26 bits per heavy atom. The second-order valence-corrected chi connectivity index (χ2v) is 7.74. The highest BCUT2D eigenvalue weighted by molar-refractivity contribution is 7.92. The minimum absolute atomic E-state index is 0.142. The molecule has 7 heteroatoms. The molecule has 0 unspecified atom stereocenters. The van der Waals surface area contributed by atoms with E-state index in [9.17, 15) is 8.42 Å². The number of hydrogen-bond donors (Lipinski definition) is 0. The average Bonchev–Trinajstić information content (AvgIpc) is 3.17. The van der Waals surface area contributed by atoms with Crippen LogP contribution in [0.4, 0.5) is 11.4 Å². The number of benzene rings is 1. The van der Waals surface area contributed by atoms with Crippen LogP contribution in [0.3, 0.4) is 0 Å². The standard InChI is InChI=1S/C16H21N3O3S/c1-12-16(13(2)22-17-12)23(20,21)18(3)14-6-8-15(9-7-14)19-10-4-5-11-19/h6-9H,4-5,10-11H2,1-3H3. The summed E-state index contributed by atoms with van der Waals surface area (Å²) in [6, 6.07) is 7.62. The summed E-state index contributed by atoms with van der Waals surface area (Å²) in [6.07, 6.45) is 2.42. The summed E-state index contributed by atoms with van der Waals surface area (Å²) in [5, 5.41) is 3.74. The van der Waals surface area contributed by atoms with Gasteiger partial charge in [-0.3, -0.25) is 4.31 Å². The molecule has 6 nitrogen and oxygen atoms in total. The molecule has 1 aliphatic heterocycles. The number of nitrogens with zero attached hydrogens (tertiary/aromatic N) is 3. The Balaban J connectivity index is 1.89. The number of aryl methyl sites for hydroxylation is 2. The lowest BCUT2D eigenvalue weighted by Gasteiger charge is -2.21. The van der Waals surface area contributed by atoms with Crippen LogP contribution in [0.25, 0.3) is 0 Å². The SMILES string of the molecule is Cc1noc(C)c1S(=O)(=O)N(C)c1ccc(N2CCCC2)cc1. The number of hydrogen-bond acceptors (Lipinski definition) is 5. The predicted molar refractivity (Wildman–Crippen MR) is 89.5 cm³/mol. The molecule has 124 valence electrons. The summed E-state index contributed by atoms with van der Waals surface area (Å²) in [4.78, 5) is 2.45. The van der Waals surface area contributed by atoms with Crippen molar-refractivity contribution in [3.8, 4) is 0 Å². The zero-order chi connectivity index (χ0) is 16.6. The first-order valence-corrected chi connectivity index (χ1v) is 9.12. The van der Waals surface area contributed by atoms with Gasteiger partial charge in [0.2, 0.25) is 0 Å². The maximum absolute atomic E-state index is 12.8. The zero-order valence-corrected chi connectivity index (χ0v) is 14.4. The van der Waals surface area contributed by atoms with E-state index in [0.29, 0.717) is 17.1 Å². The van der Waals surface area contributed by atoms with Crippen molar-refractivity contribution < 1.29 is 12.9 Å². The van der Waals surface area contributed by atoms with Gasteiger partial charge in [0.05, 0.1) is 5.69 Å². The van der Waals surface area contributed by atoms with Gasteiger partial charge in [0.1, 0.15) is 5.69 Å². The van der Waals surface area contributed by atoms with Crippen molar-refractivity contribution in [2.75, 3.05) is 29.3 Å². The van der Waals surface area contributed by atoms with Crippen molar-refractivity contribution in [1.29, 1.82) is 0 Å². The van der Waals surface area contributed by atoms with E-state index in [1.54, 1.807) is 20.9 Å². The summed E-state index contributed by atoms with van der Waals surface area (Å²) in [5.74, 6) is 0.308. The van der Waals surface area contributed by atoms with E-state index in [1.807, 2.05) is 24.3 Å². The summed E-state index contributed by atoms with van der Waals surface area (Å²) in [6.45, 7) is 5.37. The molecule has 0 atom stereocenters. The predicted octanol–water partition coefficient (Wildman–Crippen LogP) is 2.72. The van der Waals surface area contributed by atoms with Crippen molar-refractivity contribution in [1.82, 2.24) is 5.16 Å². The van der Waals surface area contributed by atoms with Gasteiger partial charge in [-0.1, -0.05) is 5.16 Å². The highest BCUT2D eigenvalue weighted by Crippen LogP contribution is 2.28. The molecule has 0 bridgehead atoms. The molecule has 0 N–H and O–H groups in total. The Kier molecular flexibility index (Phi) is 4.06. The van der Waals surface area contributed by atoms with Crippen LogP contribution in [0.5, 0.6) is 0 Å². The monoisotopic (exact) mass is 335 g/mol. The molecule has 1 aromatic heterocycles. The van der Waals surface area contributed by atoms with E-state index in [0.717, 1.165) is 18.8 Å². The fraction of sp³-hybridized carbons (Fsp3) is 0.438. The fourth-order valence-corrected chi connectivity index (χ4v) is 4.45. The minimum Gasteiger partial charge on any atom is -0.372 e. The molecule has 3 rings (SSSR count). The lowest BCUT2D eigenvalue weighted by Crippen LogP contribution is -2.27. The molecular weight excluding hydrogens is 314 g/mol. The molecule has 0 saturated carbocycles. The van der Waals surface area contributed by atoms with Crippen molar-refractivity contribution in [3.05, 3.63) is 35.7 Å². The quantitative estimate of drug-likeness (QED) is 0.859. The van der Waals surface area contributed by atoms with Crippen LogP contribution >= 0.6 is 0 Å². The maximum atomic E-state index is 12.8. The van der Waals surface area contributed by atoms with Gasteiger partial charge in [-0.15, -0.1) is 0 Å². The van der Waals surface area contributed by atoms with Crippen LogP contribution in [0, 0.1) is 13.8 Å². The Bertz CT molecular complexity index is 771. The molecule has 0 aliphatic carbocycles. The van der Waals surface area contributed by atoms with Crippen molar-refractivity contribution in [3.63, 3.8) is 0 Å². The molecular formula is C16H21N3O3S. The second-order valence-electron chi connectivity index (χ2n) is 5.84. The number of rotatable bonds is 4. The molecule has 1 aliphatic rings. The van der Waals surface area contributed by atoms with Crippen LogP contribution in [0.1, 0.15) is 24.3 Å². The number of anilines is 2. The van der Waals surface area contributed by atoms with Crippen LogP contribution in [-0.2, 0) is 10.0 Å². The Labute approximate surface area is 136 Å². The van der Waals surface area contributed by atoms with Crippen molar-refractivity contribution in [2.24, 2.45) is 0 Å². The molecule has 2 heterocycles. The van der Waals surface area contributed by atoms with Gasteiger partial charge in [0.25, 0.3) is 10.0 Å². The fourth-order valence-electron chi connectivity index (χ4n) is 2.97. The molecule has 0 amide bonds. The smallest absolute Gasteiger partial charge is 0.269 e. The van der Waals surface area contributed by atoms with Gasteiger partial charge >= 0.3 is 0 Å². The molecule has 23 heavy (non-hydrogen) atoms. The summed E-state index contributed by atoms with van der Waals surface area (Å²) in [7, 11) is -2.13. The summed E-state index contributed by atoms with van der Waals surface area (Å²) >= 11 is 0. The summed E-state index contributed by atoms with van der Waals surface area (Å²) < 4.78 is 31.8. The van der Waals surface area contributed by atoms with E-state index < -0.39 is 10.0 Å². The molecule has 0 spiro atoms. The molecule has 1 saturated heterocycles. The van der Waals surface area contributed by atoms with Gasteiger partial charge in [-0.05, 0) is 51.0 Å². The van der Waals surface area contributed by atoms with Crippen LogP contribution in [-0.4, -0.2) is 33.7 Å². The Morgan fingerprint density at radius 2 is 1.74 bits per heavy atom. The third kappa shape index (κ3) is 2.81. The second kappa shape index (κ2) is 5.88. The van der Waals surface area contributed by atoms with E-state index in [-0.39, 0.29) is 4.90 Å². The van der Waals surface area contributed by atoms with Crippen LogP contribution in [0.2, 0.25) is 0 Å². The largest absolute Gasteiger partial charge is 0.372 e. The first kappa shape index (κ1) is 15.9. The van der Waals surface area contributed by atoms with Gasteiger partial charge in [0.15, 0.2) is 10.7 Å². The lowest BCUT2D eigenvalue weighted by atomic mass is 10.2. The molecule has 0 radical (unpaired) electrons. The van der Waals surface area contributed by atoms with Crippen molar-refractivity contribution >= 4 is 21.4 Å². The number of sulfonamides is 1. The van der Waals surface area contributed by atoms with Crippen LogP contribution in [0.15, 0.2) is 33.7 Å². The Hall–Kier alpha value is -2.02. The molecule has 2 aromatic rings. The van der Waals surface area contributed by atoms with Gasteiger partial charge in [0, 0.05) is 25.8 Å². The van der Waals surface area contributed by atoms with Gasteiger partial charge in [-0.25, -0.2) is 8.42 Å². The highest BCUT2D eigenvalue weighted by atomic mass is 32.2. The van der Waals surface area contributed by atoms with Gasteiger partial charge in [-0.2, -0.15) is 0 Å². The maximum Gasteiger partial charge on any atom is 0.269 e. The highest BCUT2D eigenvalue weighted by Gasteiger charge is 2.29. The van der Waals surface area contributed by atoms with E-state index in [2.05, 4.69) is 10.1 Å². The first-order chi connectivity index (χ1) is 10.9. The van der Waals surface area contributed by atoms with Gasteiger partial charge < -0.3 is 9.42 Å². The average molecular weight is 335 g/mol. The van der Waals surface area contributed by atoms with E-state index >= 15 is 0 Å². The topological polar surface area (TPSA) is 66.7 Å². The normalized spacial score (nSPS) is 15.2. The third-order valence-electron chi connectivity index (χ3n) is 4.27. The van der Waals surface area contributed by atoms with E-state index in [4.69, 9.17) is 4.52 Å².